The third-order valence-corrected chi connectivity index (χ3v) is 7.95. The SMILES string of the molecule is O=c1c2cnc(Nc3ccc4c(c3)CNCC43CC3)nc2c(C2CC2)nn1-c1c(Cl)cccc1Cl. The van der Waals surface area contributed by atoms with Gasteiger partial charge in [-0.15, -0.1) is 0 Å². The van der Waals surface area contributed by atoms with E-state index in [9.17, 15) is 4.79 Å². The van der Waals surface area contributed by atoms with E-state index in [2.05, 4.69) is 33.8 Å². The van der Waals surface area contributed by atoms with Crippen LogP contribution in [0.1, 0.15) is 48.4 Å². The number of nitrogens with zero attached hydrogens (tertiary/aromatic N) is 4. The second-order valence-corrected chi connectivity index (χ2v) is 10.6. The minimum atomic E-state index is -0.347. The van der Waals surface area contributed by atoms with E-state index in [1.807, 2.05) is 0 Å². The van der Waals surface area contributed by atoms with Gasteiger partial charge in [-0.2, -0.15) is 9.78 Å². The predicted molar refractivity (Wildman–Crippen MR) is 137 cm³/mol. The summed E-state index contributed by atoms with van der Waals surface area (Å²) in [5.41, 5.74) is 5.42. The molecule has 2 saturated carbocycles. The molecule has 4 aromatic rings. The van der Waals surface area contributed by atoms with Crippen molar-refractivity contribution >= 4 is 45.7 Å². The van der Waals surface area contributed by atoms with Gasteiger partial charge < -0.3 is 10.6 Å². The Hall–Kier alpha value is -3.00. The fourth-order valence-corrected chi connectivity index (χ4v) is 5.73. The van der Waals surface area contributed by atoms with Crippen LogP contribution in [0.25, 0.3) is 16.6 Å². The second-order valence-electron chi connectivity index (χ2n) is 9.78. The Morgan fingerprint density at radius 1 is 1.11 bits per heavy atom. The second kappa shape index (κ2) is 7.75. The highest BCUT2D eigenvalue weighted by Gasteiger charge is 2.46. The number of aromatic nitrogens is 4. The van der Waals surface area contributed by atoms with Gasteiger partial charge in [-0.05, 0) is 61.1 Å². The first-order valence-corrected chi connectivity index (χ1v) is 12.6. The van der Waals surface area contributed by atoms with Crippen LogP contribution in [0.4, 0.5) is 11.6 Å². The van der Waals surface area contributed by atoms with E-state index in [0.29, 0.717) is 38.0 Å². The molecule has 7 rings (SSSR count). The van der Waals surface area contributed by atoms with Crippen molar-refractivity contribution < 1.29 is 0 Å². The van der Waals surface area contributed by atoms with Crippen LogP contribution in [0.15, 0.2) is 47.4 Å². The van der Waals surface area contributed by atoms with Crippen LogP contribution >= 0.6 is 23.2 Å². The summed E-state index contributed by atoms with van der Waals surface area (Å²) in [6.07, 6.45) is 6.08. The Bertz CT molecular complexity index is 1550. The van der Waals surface area contributed by atoms with Gasteiger partial charge in [-0.25, -0.2) is 9.97 Å². The van der Waals surface area contributed by atoms with Crippen LogP contribution in [-0.4, -0.2) is 26.3 Å². The average molecular weight is 505 g/mol. The molecule has 0 radical (unpaired) electrons. The zero-order chi connectivity index (χ0) is 23.7. The lowest BCUT2D eigenvalue weighted by Crippen LogP contribution is -2.33. The Morgan fingerprint density at radius 2 is 1.91 bits per heavy atom. The molecule has 2 aliphatic carbocycles. The summed E-state index contributed by atoms with van der Waals surface area (Å²) < 4.78 is 1.29. The molecule has 0 atom stereocenters. The normalized spacial score (nSPS) is 18.0. The fourth-order valence-electron chi connectivity index (χ4n) is 5.18. The molecule has 35 heavy (non-hydrogen) atoms. The third kappa shape index (κ3) is 3.53. The topological polar surface area (TPSA) is 84.7 Å². The van der Waals surface area contributed by atoms with Crippen molar-refractivity contribution in [2.75, 3.05) is 11.9 Å². The third-order valence-electron chi connectivity index (χ3n) is 7.34. The van der Waals surface area contributed by atoms with E-state index in [0.717, 1.165) is 37.3 Å². The van der Waals surface area contributed by atoms with Gasteiger partial charge in [0.2, 0.25) is 5.95 Å². The highest BCUT2D eigenvalue weighted by Crippen LogP contribution is 2.50. The van der Waals surface area contributed by atoms with E-state index in [4.69, 9.17) is 33.3 Å². The van der Waals surface area contributed by atoms with E-state index in [1.54, 1.807) is 24.4 Å². The highest BCUT2D eigenvalue weighted by atomic mass is 35.5. The Balaban J connectivity index is 1.30. The first-order valence-electron chi connectivity index (χ1n) is 11.9. The van der Waals surface area contributed by atoms with Gasteiger partial charge in [-0.1, -0.05) is 35.3 Å². The summed E-state index contributed by atoms with van der Waals surface area (Å²) in [6.45, 7) is 1.93. The molecule has 2 fully saturated rings. The summed E-state index contributed by atoms with van der Waals surface area (Å²) in [5.74, 6) is 0.692. The number of halogens is 2. The number of hydrogen-bond donors (Lipinski definition) is 2. The van der Waals surface area contributed by atoms with Gasteiger partial charge in [0.05, 0.1) is 21.1 Å². The number of anilines is 2. The molecule has 2 aromatic heterocycles. The molecule has 3 heterocycles. The molecule has 0 amide bonds. The first kappa shape index (κ1) is 21.3. The molecule has 176 valence electrons. The number of para-hydroxylation sites is 1. The summed E-state index contributed by atoms with van der Waals surface area (Å²) in [4.78, 5) is 22.6. The van der Waals surface area contributed by atoms with Gasteiger partial charge in [0, 0.05) is 36.3 Å². The maximum absolute atomic E-state index is 13.4. The number of hydrogen-bond acceptors (Lipinski definition) is 6. The van der Waals surface area contributed by atoms with E-state index in [1.165, 1.54) is 28.7 Å². The number of benzene rings is 2. The minimum absolute atomic E-state index is 0.248. The molecule has 2 aromatic carbocycles. The molecule has 2 N–H and O–H groups in total. The monoisotopic (exact) mass is 504 g/mol. The zero-order valence-electron chi connectivity index (χ0n) is 18.8. The van der Waals surface area contributed by atoms with Crippen molar-refractivity contribution in [1.82, 2.24) is 25.1 Å². The molecular weight excluding hydrogens is 483 g/mol. The van der Waals surface area contributed by atoms with Crippen LogP contribution in [0.2, 0.25) is 10.0 Å². The maximum Gasteiger partial charge on any atom is 0.282 e. The summed E-state index contributed by atoms with van der Waals surface area (Å²) in [6, 6.07) is 11.6. The van der Waals surface area contributed by atoms with Crippen molar-refractivity contribution in [2.45, 2.75) is 43.6 Å². The predicted octanol–water partition coefficient (Wildman–Crippen LogP) is 5.24. The van der Waals surface area contributed by atoms with Crippen molar-refractivity contribution in [1.29, 1.82) is 0 Å². The molecule has 0 saturated heterocycles. The van der Waals surface area contributed by atoms with E-state index < -0.39 is 0 Å². The van der Waals surface area contributed by atoms with Crippen LogP contribution in [0.3, 0.4) is 0 Å². The molecule has 1 aliphatic heterocycles. The van der Waals surface area contributed by atoms with E-state index >= 15 is 0 Å². The van der Waals surface area contributed by atoms with Gasteiger partial charge in [0.1, 0.15) is 11.2 Å². The largest absolute Gasteiger partial charge is 0.324 e. The van der Waals surface area contributed by atoms with Gasteiger partial charge in [0.15, 0.2) is 0 Å². The number of rotatable bonds is 4. The molecule has 1 spiro atoms. The van der Waals surface area contributed by atoms with Crippen LogP contribution in [0, 0.1) is 0 Å². The lowest BCUT2D eigenvalue weighted by atomic mass is 9.88. The zero-order valence-corrected chi connectivity index (χ0v) is 20.3. The van der Waals surface area contributed by atoms with Gasteiger partial charge >= 0.3 is 0 Å². The lowest BCUT2D eigenvalue weighted by Gasteiger charge is -2.26. The van der Waals surface area contributed by atoms with Crippen molar-refractivity contribution in [3.63, 3.8) is 0 Å². The molecule has 9 heteroatoms. The van der Waals surface area contributed by atoms with Crippen molar-refractivity contribution in [2.24, 2.45) is 0 Å². The maximum atomic E-state index is 13.4. The molecule has 7 nitrogen and oxygen atoms in total. The highest BCUT2D eigenvalue weighted by molar-refractivity contribution is 6.37. The molecule has 0 bridgehead atoms. The molecule has 0 unspecified atom stereocenters. The number of nitrogens with one attached hydrogen (secondary N) is 2. The average Bonchev–Trinajstić information content (AvgIpc) is 3.78. The summed E-state index contributed by atoms with van der Waals surface area (Å²) in [5, 5.41) is 12.7. The smallest absolute Gasteiger partial charge is 0.282 e. The molecule has 3 aliphatic rings. The first-order chi connectivity index (χ1) is 17.0. The van der Waals surface area contributed by atoms with E-state index in [-0.39, 0.29) is 11.5 Å². The number of fused-ring (bicyclic) bond motifs is 3. The van der Waals surface area contributed by atoms with Crippen molar-refractivity contribution in [3.8, 4) is 5.69 Å². The Kier molecular flexibility index (Phi) is 4.72. The Labute approximate surface area is 211 Å². The summed E-state index contributed by atoms with van der Waals surface area (Å²) >= 11 is 12.8. The minimum Gasteiger partial charge on any atom is -0.324 e. The van der Waals surface area contributed by atoms with Crippen molar-refractivity contribution in [3.05, 3.63) is 79.8 Å². The van der Waals surface area contributed by atoms with Crippen LogP contribution < -0.4 is 16.2 Å². The Morgan fingerprint density at radius 3 is 2.66 bits per heavy atom. The van der Waals surface area contributed by atoms with Gasteiger partial charge in [0.25, 0.3) is 5.56 Å². The quantitative estimate of drug-likeness (QED) is 0.395. The standard InChI is InChI=1S/C26H22Cl2N6O/c27-19-2-1-3-20(28)23(19)34-24(35)17-12-30-25(32-22(17)21(33-34)14-4-5-14)31-16-6-7-18-15(10-16)11-29-13-26(18)8-9-26/h1-3,6-7,10,12,14,29H,4-5,8-9,11,13H2,(H,30,31,32). The van der Waals surface area contributed by atoms with Crippen LogP contribution in [-0.2, 0) is 12.0 Å². The van der Waals surface area contributed by atoms with Gasteiger partial charge in [-0.3, -0.25) is 4.79 Å². The summed E-state index contributed by atoms with van der Waals surface area (Å²) in [7, 11) is 0. The molecular formula is C26H22Cl2N6O. The van der Waals surface area contributed by atoms with Crippen LogP contribution in [0.5, 0.6) is 0 Å². The lowest BCUT2D eigenvalue weighted by molar-refractivity contribution is 0.531. The fraction of sp³-hybridized carbons (Fsp3) is 0.308.